The van der Waals surface area contributed by atoms with Crippen molar-refractivity contribution in [2.45, 2.75) is 12.5 Å². The Morgan fingerprint density at radius 1 is 1.77 bits per heavy atom. The molecule has 0 aromatic carbocycles. The van der Waals surface area contributed by atoms with E-state index in [2.05, 4.69) is 10.3 Å². The number of nitrogens with two attached hydrogens (primary N) is 1. The number of hydrogen-bond donors (Lipinski definition) is 2. The van der Waals surface area contributed by atoms with Gasteiger partial charge >= 0.3 is 0 Å². The normalized spacial score (nSPS) is 12.2. The predicted octanol–water partition coefficient (Wildman–Crippen LogP) is -0.303. The van der Waals surface area contributed by atoms with Gasteiger partial charge in [-0.25, -0.2) is 0 Å². The van der Waals surface area contributed by atoms with Crippen LogP contribution in [0.3, 0.4) is 0 Å². The van der Waals surface area contributed by atoms with Gasteiger partial charge in [0.1, 0.15) is 0 Å². The van der Waals surface area contributed by atoms with E-state index < -0.39 is 6.04 Å². The fraction of sp³-hybridized carbons (Fsp3) is 0.333. The van der Waals surface area contributed by atoms with Crippen LogP contribution in [0.25, 0.3) is 0 Å². The second-order valence-corrected chi connectivity index (χ2v) is 2.79. The van der Waals surface area contributed by atoms with Gasteiger partial charge in [-0.15, -0.1) is 0 Å². The summed E-state index contributed by atoms with van der Waals surface area (Å²) in [6, 6.07) is 3.23. The van der Waals surface area contributed by atoms with E-state index in [0.29, 0.717) is 6.42 Å². The Morgan fingerprint density at radius 2 is 2.54 bits per heavy atom. The summed E-state index contributed by atoms with van der Waals surface area (Å²) >= 11 is 0. The monoisotopic (exact) mass is 179 g/mol. The summed E-state index contributed by atoms with van der Waals surface area (Å²) in [7, 11) is 1.57. The van der Waals surface area contributed by atoms with E-state index in [1.54, 1.807) is 19.4 Å². The van der Waals surface area contributed by atoms with Gasteiger partial charge in [-0.05, 0) is 18.1 Å². The van der Waals surface area contributed by atoms with Crippen molar-refractivity contribution in [2.24, 2.45) is 5.73 Å². The molecule has 1 aromatic heterocycles. The van der Waals surface area contributed by atoms with Gasteiger partial charge in [-0.1, -0.05) is 6.07 Å². The minimum Gasteiger partial charge on any atom is -0.358 e. The van der Waals surface area contributed by atoms with Gasteiger partial charge < -0.3 is 11.1 Å². The van der Waals surface area contributed by atoms with Crippen LogP contribution in [0.1, 0.15) is 5.56 Å². The van der Waals surface area contributed by atoms with Gasteiger partial charge in [0.2, 0.25) is 5.91 Å². The number of rotatable bonds is 3. The molecule has 0 radical (unpaired) electrons. The van der Waals surface area contributed by atoms with Crippen LogP contribution in [0.2, 0.25) is 0 Å². The molecule has 70 valence electrons. The fourth-order valence-corrected chi connectivity index (χ4v) is 1.05. The second-order valence-electron chi connectivity index (χ2n) is 2.79. The van der Waals surface area contributed by atoms with Crippen molar-refractivity contribution in [1.29, 1.82) is 0 Å². The standard InChI is InChI=1S/C9H13N3O/c1-11-9(13)8(10)5-7-3-2-4-12-6-7/h2-4,6,8H,5,10H2,1H3,(H,11,13). The van der Waals surface area contributed by atoms with Crippen LogP contribution in [0.4, 0.5) is 0 Å². The zero-order chi connectivity index (χ0) is 9.68. The summed E-state index contributed by atoms with van der Waals surface area (Å²) < 4.78 is 0. The molecule has 1 rings (SSSR count). The van der Waals surface area contributed by atoms with Crippen LogP contribution >= 0.6 is 0 Å². The number of pyridine rings is 1. The Morgan fingerprint density at radius 3 is 3.08 bits per heavy atom. The van der Waals surface area contributed by atoms with E-state index in [9.17, 15) is 4.79 Å². The number of amides is 1. The Balaban J connectivity index is 2.55. The fourth-order valence-electron chi connectivity index (χ4n) is 1.05. The molecule has 4 nitrogen and oxygen atoms in total. The molecule has 0 bridgehead atoms. The average molecular weight is 179 g/mol. The summed E-state index contributed by atoms with van der Waals surface area (Å²) in [5.74, 6) is -0.149. The first-order valence-corrected chi connectivity index (χ1v) is 4.10. The van der Waals surface area contributed by atoms with Gasteiger partial charge in [0, 0.05) is 19.4 Å². The summed E-state index contributed by atoms with van der Waals surface area (Å²) in [5.41, 5.74) is 6.59. The van der Waals surface area contributed by atoms with Crippen molar-refractivity contribution in [3.63, 3.8) is 0 Å². The molecule has 1 amide bonds. The molecule has 4 heteroatoms. The molecular weight excluding hydrogens is 166 g/mol. The van der Waals surface area contributed by atoms with E-state index in [1.807, 2.05) is 12.1 Å². The largest absolute Gasteiger partial charge is 0.358 e. The minimum absolute atomic E-state index is 0.149. The van der Waals surface area contributed by atoms with Gasteiger partial charge in [-0.3, -0.25) is 9.78 Å². The summed E-state index contributed by atoms with van der Waals surface area (Å²) in [5, 5.41) is 2.50. The van der Waals surface area contributed by atoms with Crippen molar-refractivity contribution in [2.75, 3.05) is 7.05 Å². The lowest BCUT2D eigenvalue weighted by atomic mass is 10.1. The molecule has 1 unspecified atom stereocenters. The number of likely N-dealkylation sites (N-methyl/N-ethyl adjacent to an activating group) is 1. The van der Waals surface area contributed by atoms with Crippen LogP contribution in [-0.2, 0) is 11.2 Å². The minimum atomic E-state index is -0.491. The Bertz CT molecular complexity index is 273. The number of nitrogens with zero attached hydrogens (tertiary/aromatic N) is 1. The van der Waals surface area contributed by atoms with E-state index >= 15 is 0 Å². The highest BCUT2D eigenvalue weighted by molar-refractivity contribution is 5.81. The van der Waals surface area contributed by atoms with Crippen LogP contribution < -0.4 is 11.1 Å². The van der Waals surface area contributed by atoms with Crippen LogP contribution in [0.15, 0.2) is 24.5 Å². The van der Waals surface area contributed by atoms with Crippen molar-refractivity contribution in [3.8, 4) is 0 Å². The summed E-state index contributed by atoms with van der Waals surface area (Å²) in [6.45, 7) is 0. The number of carbonyl (C=O) groups is 1. The molecule has 0 aliphatic rings. The maximum atomic E-state index is 11.1. The van der Waals surface area contributed by atoms with E-state index in [0.717, 1.165) is 5.56 Å². The highest BCUT2D eigenvalue weighted by Crippen LogP contribution is 1.99. The molecule has 0 spiro atoms. The molecule has 1 heterocycles. The van der Waals surface area contributed by atoms with Gasteiger partial charge in [0.25, 0.3) is 0 Å². The highest BCUT2D eigenvalue weighted by atomic mass is 16.2. The Kier molecular flexibility index (Phi) is 3.40. The smallest absolute Gasteiger partial charge is 0.237 e. The molecule has 1 aromatic rings. The first-order valence-electron chi connectivity index (χ1n) is 4.10. The van der Waals surface area contributed by atoms with E-state index in [4.69, 9.17) is 5.73 Å². The topological polar surface area (TPSA) is 68.0 Å². The van der Waals surface area contributed by atoms with Crippen molar-refractivity contribution >= 4 is 5.91 Å². The molecule has 0 fully saturated rings. The third-order valence-corrected chi connectivity index (χ3v) is 1.76. The lowest BCUT2D eigenvalue weighted by Crippen LogP contribution is -2.40. The number of aromatic nitrogens is 1. The third kappa shape index (κ3) is 2.83. The second kappa shape index (κ2) is 4.57. The summed E-state index contributed by atoms with van der Waals surface area (Å²) in [6.07, 6.45) is 3.92. The Hall–Kier alpha value is -1.42. The van der Waals surface area contributed by atoms with Crippen molar-refractivity contribution in [1.82, 2.24) is 10.3 Å². The summed E-state index contributed by atoms with van der Waals surface area (Å²) in [4.78, 5) is 15.0. The average Bonchev–Trinajstić information content (AvgIpc) is 2.18. The molecule has 0 saturated heterocycles. The van der Waals surface area contributed by atoms with Crippen molar-refractivity contribution in [3.05, 3.63) is 30.1 Å². The molecular formula is C9H13N3O. The zero-order valence-corrected chi connectivity index (χ0v) is 7.53. The third-order valence-electron chi connectivity index (χ3n) is 1.76. The first kappa shape index (κ1) is 9.67. The maximum Gasteiger partial charge on any atom is 0.237 e. The van der Waals surface area contributed by atoms with Crippen LogP contribution in [0, 0.1) is 0 Å². The lowest BCUT2D eigenvalue weighted by molar-refractivity contribution is -0.121. The maximum absolute atomic E-state index is 11.1. The highest BCUT2D eigenvalue weighted by Gasteiger charge is 2.11. The van der Waals surface area contributed by atoms with Gasteiger partial charge in [0.05, 0.1) is 6.04 Å². The first-order chi connectivity index (χ1) is 6.24. The van der Waals surface area contributed by atoms with Crippen LogP contribution in [-0.4, -0.2) is 24.0 Å². The molecule has 0 aliphatic heterocycles. The Labute approximate surface area is 77.2 Å². The number of nitrogens with one attached hydrogen (secondary N) is 1. The SMILES string of the molecule is CNC(=O)C(N)Cc1cccnc1. The number of hydrogen-bond acceptors (Lipinski definition) is 3. The zero-order valence-electron chi connectivity index (χ0n) is 7.53. The van der Waals surface area contributed by atoms with Crippen molar-refractivity contribution < 1.29 is 4.79 Å². The quantitative estimate of drug-likeness (QED) is 0.669. The molecule has 13 heavy (non-hydrogen) atoms. The predicted molar refractivity (Wildman–Crippen MR) is 50.0 cm³/mol. The van der Waals surface area contributed by atoms with Gasteiger partial charge in [0.15, 0.2) is 0 Å². The van der Waals surface area contributed by atoms with Crippen LogP contribution in [0.5, 0.6) is 0 Å². The molecule has 0 aliphatic carbocycles. The molecule has 0 saturated carbocycles. The van der Waals surface area contributed by atoms with E-state index in [1.165, 1.54) is 0 Å². The molecule has 3 N–H and O–H groups in total. The lowest BCUT2D eigenvalue weighted by Gasteiger charge is -2.08. The van der Waals surface area contributed by atoms with Gasteiger partial charge in [-0.2, -0.15) is 0 Å². The number of carbonyl (C=O) groups excluding carboxylic acids is 1. The molecule has 1 atom stereocenters. The van der Waals surface area contributed by atoms with E-state index in [-0.39, 0.29) is 5.91 Å².